The third-order valence-electron chi connectivity index (χ3n) is 3.69. The van der Waals surface area contributed by atoms with E-state index >= 15 is 0 Å². The van der Waals surface area contributed by atoms with Crippen LogP contribution in [0.1, 0.15) is 21.7 Å². The van der Waals surface area contributed by atoms with Crippen molar-refractivity contribution in [1.82, 2.24) is 15.0 Å². The summed E-state index contributed by atoms with van der Waals surface area (Å²) in [6.45, 7) is 0. The van der Waals surface area contributed by atoms with E-state index < -0.39 is 35.2 Å². The molecule has 1 N–H and O–H groups in total. The van der Waals surface area contributed by atoms with Crippen LogP contribution >= 0.6 is 23.2 Å². The predicted molar refractivity (Wildman–Crippen MR) is 95.8 cm³/mol. The van der Waals surface area contributed by atoms with Crippen molar-refractivity contribution in [3.8, 4) is 5.69 Å². The number of amides is 1. The Morgan fingerprint density at radius 1 is 0.933 bits per heavy atom. The van der Waals surface area contributed by atoms with E-state index in [0.717, 1.165) is 30.3 Å². The molecule has 0 atom stereocenters. The van der Waals surface area contributed by atoms with Crippen molar-refractivity contribution in [2.75, 3.05) is 5.32 Å². The molecule has 0 fully saturated rings. The van der Waals surface area contributed by atoms with Crippen LogP contribution in [-0.2, 0) is 12.4 Å². The number of nitrogens with one attached hydrogen (secondary N) is 1. The maximum atomic E-state index is 13.7. The largest absolute Gasteiger partial charge is 0.435 e. The zero-order valence-electron chi connectivity index (χ0n) is 14.3. The number of benzene rings is 2. The van der Waals surface area contributed by atoms with E-state index in [1.807, 2.05) is 5.32 Å². The van der Waals surface area contributed by atoms with E-state index in [1.54, 1.807) is 0 Å². The van der Waals surface area contributed by atoms with E-state index in [4.69, 9.17) is 23.2 Å². The SMILES string of the molecule is O=C(Nc1cccc(C(F)(F)F)c1)c1nnn(-c2cc(Cl)cc(Cl)c2)c1C(F)(F)F. The summed E-state index contributed by atoms with van der Waals surface area (Å²) < 4.78 is 79.7. The quantitative estimate of drug-likeness (QED) is 0.489. The highest BCUT2D eigenvalue weighted by atomic mass is 35.5. The van der Waals surface area contributed by atoms with Crippen LogP contribution in [0.25, 0.3) is 5.69 Å². The van der Waals surface area contributed by atoms with Crippen molar-refractivity contribution < 1.29 is 31.1 Å². The molecule has 1 amide bonds. The van der Waals surface area contributed by atoms with Gasteiger partial charge in [0.2, 0.25) is 0 Å². The lowest BCUT2D eigenvalue weighted by Gasteiger charge is -2.12. The first-order valence-electron chi connectivity index (χ1n) is 7.84. The molecule has 1 aromatic heterocycles. The number of alkyl halides is 6. The van der Waals surface area contributed by atoms with Gasteiger partial charge in [-0.3, -0.25) is 4.79 Å². The second-order valence-electron chi connectivity index (χ2n) is 5.86. The molecule has 0 radical (unpaired) electrons. The molecule has 0 bridgehead atoms. The van der Waals surface area contributed by atoms with Crippen LogP contribution in [0.4, 0.5) is 32.0 Å². The highest BCUT2D eigenvalue weighted by Gasteiger charge is 2.42. The molecular formula is C17H8Cl2F6N4O. The van der Waals surface area contributed by atoms with E-state index in [0.29, 0.717) is 10.7 Å². The van der Waals surface area contributed by atoms with Gasteiger partial charge in [-0.05, 0) is 36.4 Å². The normalized spacial score (nSPS) is 12.1. The van der Waals surface area contributed by atoms with Gasteiger partial charge in [0.05, 0.1) is 11.3 Å². The number of carbonyl (C=O) groups excluding carboxylic acids is 1. The van der Waals surface area contributed by atoms with Gasteiger partial charge in [-0.2, -0.15) is 26.3 Å². The number of carbonyl (C=O) groups is 1. The second-order valence-corrected chi connectivity index (χ2v) is 6.73. The number of aromatic nitrogens is 3. The van der Waals surface area contributed by atoms with Gasteiger partial charge in [0.15, 0.2) is 11.4 Å². The van der Waals surface area contributed by atoms with Crippen LogP contribution in [0.5, 0.6) is 0 Å². The maximum absolute atomic E-state index is 13.7. The molecule has 0 saturated heterocycles. The summed E-state index contributed by atoms with van der Waals surface area (Å²) in [7, 11) is 0. The summed E-state index contributed by atoms with van der Waals surface area (Å²) in [6, 6.07) is 6.91. The van der Waals surface area contributed by atoms with Gasteiger partial charge in [-0.25, -0.2) is 4.68 Å². The van der Waals surface area contributed by atoms with Gasteiger partial charge < -0.3 is 5.32 Å². The van der Waals surface area contributed by atoms with Gasteiger partial charge >= 0.3 is 12.4 Å². The molecule has 0 aliphatic heterocycles. The molecule has 1 heterocycles. The van der Waals surface area contributed by atoms with E-state index in [9.17, 15) is 31.1 Å². The molecule has 0 saturated carbocycles. The van der Waals surface area contributed by atoms with Crippen LogP contribution in [0.3, 0.4) is 0 Å². The molecule has 0 aliphatic carbocycles. The number of rotatable bonds is 3. The summed E-state index contributed by atoms with van der Waals surface area (Å²) >= 11 is 11.6. The fourth-order valence-electron chi connectivity index (χ4n) is 2.49. The number of nitrogens with zero attached hydrogens (tertiary/aromatic N) is 3. The van der Waals surface area contributed by atoms with Crippen LogP contribution in [0, 0.1) is 0 Å². The van der Waals surface area contributed by atoms with Crippen molar-refractivity contribution in [2.24, 2.45) is 0 Å². The van der Waals surface area contributed by atoms with Crippen LogP contribution in [0.15, 0.2) is 42.5 Å². The Labute approximate surface area is 174 Å². The number of halogens is 8. The predicted octanol–water partition coefficient (Wildman–Crippen LogP) is 5.86. The standard InChI is InChI=1S/C17H8Cl2F6N4O/c18-9-5-10(19)7-12(6-9)29-14(17(23,24)25)13(27-28-29)15(30)26-11-3-1-2-8(4-11)16(20,21)22/h1-7H,(H,26,30). The topological polar surface area (TPSA) is 59.8 Å². The van der Waals surface area contributed by atoms with E-state index in [2.05, 4.69) is 10.3 Å². The molecule has 3 aromatic rings. The Morgan fingerprint density at radius 2 is 1.57 bits per heavy atom. The van der Waals surface area contributed by atoms with Crippen LogP contribution < -0.4 is 5.32 Å². The molecule has 13 heteroatoms. The monoisotopic (exact) mass is 468 g/mol. The molecule has 158 valence electrons. The third-order valence-corrected chi connectivity index (χ3v) is 4.13. The lowest BCUT2D eigenvalue weighted by molar-refractivity contribution is -0.143. The summed E-state index contributed by atoms with van der Waals surface area (Å²) in [6.07, 6.45) is -9.79. The molecule has 0 spiro atoms. The van der Waals surface area contributed by atoms with Crippen molar-refractivity contribution in [2.45, 2.75) is 12.4 Å². The number of anilines is 1. The first-order valence-corrected chi connectivity index (χ1v) is 8.60. The number of hydrogen-bond donors (Lipinski definition) is 1. The van der Waals surface area contributed by atoms with E-state index in [1.165, 1.54) is 6.07 Å². The number of hydrogen-bond acceptors (Lipinski definition) is 3. The molecular weight excluding hydrogens is 461 g/mol. The first kappa shape index (κ1) is 21.9. The van der Waals surface area contributed by atoms with Crippen molar-refractivity contribution >= 4 is 34.8 Å². The highest BCUT2D eigenvalue weighted by Crippen LogP contribution is 2.35. The minimum absolute atomic E-state index is 0.0103. The molecule has 0 aliphatic rings. The summed E-state index contributed by atoms with van der Waals surface area (Å²) in [5.74, 6) is -1.40. The Balaban J connectivity index is 2.02. The average Bonchev–Trinajstić information content (AvgIpc) is 3.06. The minimum Gasteiger partial charge on any atom is -0.321 e. The maximum Gasteiger partial charge on any atom is 0.435 e. The molecule has 0 unspecified atom stereocenters. The van der Waals surface area contributed by atoms with Gasteiger partial charge in [0, 0.05) is 15.7 Å². The molecule has 3 rings (SSSR count). The molecule has 2 aromatic carbocycles. The Morgan fingerprint density at radius 3 is 2.13 bits per heavy atom. The zero-order valence-corrected chi connectivity index (χ0v) is 15.8. The smallest absolute Gasteiger partial charge is 0.321 e. The van der Waals surface area contributed by atoms with Crippen molar-refractivity contribution in [3.05, 3.63) is 69.5 Å². The zero-order chi connectivity index (χ0) is 22.3. The van der Waals surface area contributed by atoms with Gasteiger partial charge in [-0.1, -0.05) is 34.5 Å². The second kappa shape index (κ2) is 7.80. The average molecular weight is 469 g/mol. The first-order chi connectivity index (χ1) is 13.9. The van der Waals surface area contributed by atoms with Crippen LogP contribution in [-0.4, -0.2) is 20.9 Å². The lowest BCUT2D eigenvalue weighted by atomic mass is 10.2. The van der Waals surface area contributed by atoms with Gasteiger partial charge in [-0.15, -0.1) is 5.10 Å². The Kier molecular flexibility index (Phi) is 5.70. The summed E-state index contributed by atoms with van der Waals surface area (Å²) in [5.41, 5.74) is -4.37. The fourth-order valence-corrected chi connectivity index (χ4v) is 3.01. The fraction of sp³-hybridized carbons (Fsp3) is 0.118. The van der Waals surface area contributed by atoms with Gasteiger partial charge in [0.25, 0.3) is 5.91 Å². The van der Waals surface area contributed by atoms with Crippen molar-refractivity contribution in [1.29, 1.82) is 0 Å². The van der Waals surface area contributed by atoms with Crippen LogP contribution in [0.2, 0.25) is 10.0 Å². The van der Waals surface area contributed by atoms with E-state index in [-0.39, 0.29) is 21.4 Å². The Bertz CT molecular complexity index is 1090. The minimum atomic E-state index is -5.08. The third kappa shape index (κ3) is 4.68. The molecule has 30 heavy (non-hydrogen) atoms. The highest BCUT2D eigenvalue weighted by molar-refractivity contribution is 6.34. The van der Waals surface area contributed by atoms with Crippen molar-refractivity contribution in [3.63, 3.8) is 0 Å². The molecule has 5 nitrogen and oxygen atoms in total. The summed E-state index contributed by atoms with van der Waals surface area (Å²) in [5, 5.41) is 8.59. The lowest BCUT2D eigenvalue weighted by Crippen LogP contribution is -2.21. The summed E-state index contributed by atoms with van der Waals surface area (Å²) in [4.78, 5) is 12.4. The Hall–Kier alpha value is -2.79. The van der Waals surface area contributed by atoms with Gasteiger partial charge in [0.1, 0.15) is 0 Å².